The molecule has 3 heterocycles. The third-order valence-corrected chi connectivity index (χ3v) is 7.42. The summed E-state index contributed by atoms with van der Waals surface area (Å²) in [6.07, 6.45) is -0.490. The Morgan fingerprint density at radius 1 is 1.25 bits per heavy atom. The van der Waals surface area contributed by atoms with Crippen molar-refractivity contribution >= 4 is 15.5 Å². The maximum Gasteiger partial charge on any atom is 0.283 e. The van der Waals surface area contributed by atoms with Gasteiger partial charge in [0.2, 0.25) is 20.8 Å². The summed E-state index contributed by atoms with van der Waals surface area (Å²) in [5, 5.41) is 0.740. The van der Waals surface area contributed by atoms with Crippen LogP contribution in [0.2, 0.25) is 0 Å². The molecule has 3 rings (SSSR count). The third-order valence-electron chi connectivity index (χ3n) is 5.14. The lowest BCUT2D eigenvalue weighted by atomic mass is 9.92. The predicted molar refractivity (Wildman–Crippen MR) is 94.0 cm³/mol. The quantitative estimate of drug-likeness (QED) is 0.549. The van der Waals surface area contributed by atoms with E-state index in [4.69, 9.17) is 0 Å². The summed E-state index contributed by atoms with van der Waals surface area (Å²) >= 11 is 0. The summed E-state index contributed by atoms with van der Waals surface area (Å²) in [7, 11) is -3.39. The first-order valence-corrected chi connectivity index (χ1v) is 10.1. The van der Waals surface area contributed by atoms with E-state index < -0.39 is 43.7 Å². The molecule has 0 spiro atoms. The molecule has 1 aliphatic rings. The van der Waals surface area contributed by atoms with E-state index >= 15 is 4.39 Å². The number of aryl methyl sites for hydroxylation is 1. The lowest BCUT2D eigenvalue weighted by Crippen LogP contribution is -2.45. The lowest BCUT2D eigenvalue weighted by molar-refractivity contribution is 0.140. The molecule has 0 saturated carbocycles. The van der Waals surface area contributed by atoms with Gasteiger partial charge in [0.1, 0.15) is 10.6 Å². The average molecular weight is 420 g/mol. The standard InChI is InChI=1S/C17H20F4N4O2S/c1-17(21,28(26,27)13-10-24(2)23-15(13)16(19)20)11-5-7-25(8-6-11)12-3-4-14(18)22-9-12/h3-4,9-11,16H,5-8H2,1-2H3/t17-/m1/s1. The fourth-order valence-corrected chi connectivity index (χ4v) is 5.29. The second-order valence-corrected chi connectivity index (χ2v) is 9.19. The highest BCUT2D eigenvalue weighted by molar-refractivity contribution is 7.92. The van der Waals surface area contributed by atoms with Gasteiger partial charge in [-0.25, -0.2) is 26.6 Å². The molecule has 0 aliphatic carbocycles. The Bertz CT molecular complexity index is 937. The van der Waals surface area contributed by atoms with Crippen LogP contribution in [0.1, 0.15) is 31.9 Å². The normalized spacial score (nSPS) is 18.5. The molecule has 154 valence electrons. The number of hydrogen-bond acceptors (Lipinski definition) is 5. The molecule has 1 atom stereocenters. The Morgan fingerprint density at radius 3 is 2.43 bits per heavy atom. The molecular weight excluding hydrogens is 400 g/mol. The van der Waals surface area contributed by atoms with Gasteiger partial charge in [-0.2, -0.15) is 9.49 Å². The zero-order valence-electron chi connectivity index (χ0n) is 15.3. The third kappa shape index (κ3) is 3.59. The van der Waals surface area contributed by atoms with Crippen molar-refractivity contribution in [3.05, 3.63) is 36.2 Å². The summed E-state index contributed by atoms with van der Waals surface area (Å²) in [5.41, 5.74) is -0.295. The van der Waals surface area contributed by atoms with Gasteiger partial charge in [-0.1, -0.05) is 0 Å². The maximum atomic E-state index is 15.5. The molecule has 2 aromatic heterocycles. The fourth-order valence-electron chi connectivity index (χ4n) is 3.48. The zero-order chi connectivity index (χ0) is 20.7. The first-order valence-electron chi connectivity index (χ1n) is 8.65. The molecule has 1 aliphatic heterocycles. The minimum absolute atomic E-state index is 0.188. The van der Waals surface area contributed by atoms with Crippen LogP contribution in [0.25, 0.3) is 0 Å². The number of sulfone groups is 1. The van der Waals surface area contributed by atoms with Crippen LogP contribution in [0, 0.1) is 11.9 Å². The van der Waals surface area contributed by atoms with Crippen LogP contribution < -0.4 is 4.90 Å². The van der Waals surface area contributed by atoms with Crippen molar-refractivity contribution in [2.75, 3.05) is 18.0 Å². The number of anilines is 1. The topological polar surface area (TPSA) is 68.1 Å². The second-order valence-electron chi connectivity index (χ2n) is 6.94. The van der Waals surface area contributed by atoms with E-state index in [0.717, 1.165) is 17.8 Å². The predicted octanol–water partition coefficient (Wildman–Crippen LogP) is 3.27. The van der Waals surface area contributed by atoms with Crippen LogP contribution in [0.4, 0.5) is 23.2 Å². The van der Waals surface area contributed by atoms with Crippen molar-refractivity contribution in [3.8, 4) is 0 Å². The van der Waals surface area contributed by atoms with E-state index in [9.17, 15) is 21.6 Å². The van der Waals surface area contributed by atoms with Crippen molar-refractivity contribution in [2.24, 2.45) is 13.0 Å². The lowest BCUT2D eigenvalue weighted by Gasteiger charge is -2.38. The van der Waals surface area contributed by atoms with E-state index in [1.165, 1.54) is 19.3 Å². The Morgan fingerprint density at radius 2 is 1.89 bits per heavy atom. The van der Waals surface area contributed by atoms with Crippen molar-refractivity contribution in [1.82, 2.24) is 14.8 Å². The summed E-state index contributed by atoms with van der Waals surface area (Å²) in [6, 6.07) is 2.75. The van der Waals surface area contributed by atoms with E-state index in [2.05, 4.69) is 10.1 Å². The van der Waals surface area contributed by atoms with Gasteiger partial charge in [-0.3, -0.25) is 4.68 Å². The molecule has 0 aromatic carbocycles. The molecule has 1 saturated heterocycles. The molecule has 1 fully saturated rings. The highest BCUT2D eigenvalue weighted by Gasteiger charge is 2.50. The highest BCUT2D eigenvalue weighted by atomic mass is 32.2. The van der Waals surface area contributed by atoms with Gasteiger partial charge in [0.25, 0.3) is 6.43 Å². The van der Waals surface area contributed by atoms with Gasteiger partial charge >= 0.3 is 0 Å². The molecule has 2 aromatic rings. The molecular formula is C17H20F4N4O2S. The number of alkyl halides is 3. The number of rotatable bonds is 5. The largest absolute Gasteiger partial charge is 0.370 e. The van der Waals surface area contributed by atoms with E-state index in [0.29, 0.717) is 18.8 Å². The van der Waals surface area contributed by atoms with Crippen LogP contribution in [-0.2, 0) is 16.9 Å². The molecule has 0 radical (unpaired) electrons. The van der Waals surface area contributed by atoms with Gasteiger partial charge < -0.3 is 4.90 Å². The smallest absolute Gasteiger partial charge is 0.283 e. The number of nitrogens with zero attached hydrogens (tertiary/aromatic N) is 4. The van der Waals surface area contributed by atoms with Crippen molar-refractivity contribution < 1.29 is 26.0 Å². The van der Waals surface area contributed by atoms with Gasteiger partial charge in [-0.15, -0.1) is 0 Å². The summed E-state index contributed by atoms with van der Waals surface area (Å²) in [6.45, 7) is 1.59. The summed E-state index contributed by atoms with van der Waals surface area (Å²) in [4.78, 5) is 4.64. The molecule has 11 heteroatoms. The monoisotopic (exact) mass is 420 g/mol. The minimum Gasteiger partial charge on any atom is -0.370 e. The first-order chi connectivity index (χ1) is 13.0. The van der Waals surface area contributed by atoms with Gasteiger partial charge in [0.05, 0.1) is 11.9 Å². The summed E-state index contributed by atoms with van der Waals surface area (Å²) in [5.74, 6) is -1.50. The number of hydrogen-bond donors (Lipinski definition) is 0. The van der Waals surface area contributed by atoms with E-state index in [1.807, 2.05) is 4.90 Å². The molecule has 0 unspecified atom stereocenters. The van der Waals surface area contributed by atoms with Crippen molar-refractivity contribution in [3.63, 3.8) is 0 Å². The van der Waals surface area contributed by atoms with Crippen molar-refractivity contribution in [1.29, 1.82) is 0 Å². The van der Waals surface area contributed by atoms with Crippen LogP contribution in [0.3, 0.4) is 0 Å². The fraction of sp³-hybridized carbons (Fsp3) is 0.529. The van der Waals surface area contributed by atoms with Crippen LogP contribution in [0.5, 0.6) is 0 Å². The molecule has 0 bridgehead atoms. The Labute approximate surface area is 160 Å². The molecule has 6 nitrogen and oxygen atoms in total. The highest BCUT2D eigenvalue weighted by Crippen LogP contribution is 2.41. The second kappa shape index (κ2) is 7.34. The minimum atomic E-state index is -4.69. The molecule has 0 N–H and O–H groups in total. The van der Waals surface area contributed by atoms with Gasteiger partial charge in [0.15, 0.2) is 0 Å². The SMILES string of the molecule is Cn1cc(S(=O)(=O)[C@@](C)(F)C2CCN(c3ccc(F)nc3)CC2)c(C(F)F)n1. The van der Waals surface area contributed by atoms with E-state index in [-0.39, 0.29) is 12.8 Å². The summed E-state index contributed by atoms with van der Waals surface area (Å²) < 4.78 is 81.5. The Kier molecular flexibility index (Phi) is 5.39. The van der Waals surface area contributed by atoms with Crippen LogP contribution in [0.15, 0.2) is 29.4 Å². The maximum absolute atomic E-state index is 15.5. The molecule has 28 heavy (non-hydrogen) atoms. The van der Waals surface area contributed by atoms with Crippen molar-refractivity contribution in [2.45, 2.75) is 36.1 Å². The van der Waals surface area contributed by atoms with Gasteiger partial charge in [-0.05, 0) is 31.9 Å². The van der Waals surface area contributed by atoms with Gasteiger partial charge in [0, 0.05) is 32.3 Å². The van der Waals surface area contributed by atoms with Crippen LogP contribution in [-0.4, -0.2) is 41.3 Å². The van der Waals surface area contributed by atoms with E-state index in [1.54, 1.807) is 6.07 Å². The first kappa shape index (κ1) is 20.6. The Balaban J connectivity index is 1.80. The molecule has 0 amide bonds. The van der Waals surface area contributed by atoms with Crippen LogP contribution >= 0.6 is 0 Å². The zero-order valence-corrected chi connectivity index (χ0v) is 16.1. The number of piperidine rings is 1. The number of pyridine rings is 1. The average Bonchev–Trinajstić information content (AvgIpc) is 3.05. The Hall–Kier alpha value is -2.17. The number of aromatic nitrogens is 3. The number of halogens is 4.